The lowest BCUT2D eigenvalue weighted by Gasteiger charge is -2.25. The number of hydrogen-bond donors (Lipinski definition) is 3. The van der Waals surface area contributed by atoms with E-state index in [-0.39, 0.29) is 33.2 Å². The molecule has 37 heavy (non-hydrogen) atoms. The smallest absolute Gasteiger partial charge is 0.308 e. The van der Waals surface area contributed by atoms with E-state index in [0.29, 0.717) is 34.3 Å². The van der Waals surface area contributed by atoms with Crippen molar-refractivity contribution in [2.45, 2.75) is 11.8 Å². The number of carboxylic acids is 1. The van der Waals surface area contributed by atoms with Crippen LogP contribution in [0, 0.1) is 5.92 Å². The normalized spacial score (nSPS) is 19.4. The van der Waals surface area contributed by atoms with Crippen molar-refractivity contribution in [2.24, 2.45) is 5.92 Å². The van der Waals surface area contributed by atoms with Crippen LogP contribution in [0.4, 0.5) is 0 Å². The second-order valence-corrected chi connectivity index (χ2v) is 8.77. The summed E-state index contributed by atoms with van der Waals surface area (Å²) >= 11 is 0. The topological polar surface area (TPSA) is 124 Å². The number of methoxy groups -OCH3 is 1. The fraction of sp³-hybridized carbons (Fsp3) is 0.321. The van der Waals surface area contributed by atoms with Gasteiger partial charge < -0.3 is 39.0 Å². The minimum Gasteiger partial charge on any atom is -0.497 e. The molecule has 0 radical (unpaired) electrons. The summed E-state index contributed by atoms with van der Waals surface area (Å²) in [6.45, 7) is -0.0591. The molecule has 0 bridgehead atoms. The molecule has 0 saturated heterocycles. The van der Waals surface area contributed by atoms with Crippen LogP contribution in [0.5, 0.6) is 28.7 Å². The van der Waals surface area contributed by atoms with Crippen LogP contribution in [-0.2, 0) is 4.79 Å². The maximum absolute atomic E-state index is 13.0. The van der Waals surface area contributed by atoms with E-state index in [1.54, 1.807) is 30.3 Å². The molecule has 194 valence electrons. The van der Waals surface area contributed by atoms with E-state index >= 15 is 0 Å². The van der Waals surface area contributed by atoms with E-state index in [1.807, 2.05) is 24.3 Å². The number of carboxylic acid groups (broad SMARTS) is 1. The minimum atomic E-state index is -0.967. The maximum Gasteiger partial charge on any atom is 0.308 e. The molecule has 0 saturated carbocycles. The van der Waals surface area contributed by atoms with Crippen LogP contribution in [0.15, 0.2) is 54.6 Å². The Hall–Kier alpha value is -3.95. The Morgan fingerprint density at radius 3 is 2.32 bits per heavy atom. The number of rotatable bonds is 10. The summed E-state index contributed by atoms with van der Waals surface area (Å²) in [5.41, 5.74) is 3.07. The summed E-state index contributed by atoms with van der Waals surface area (Å²) in [7, 11) is 1.54. The number of fused-ring (bicyclic) bond motifs is 2. The highest BCUT2D eigenvalue weighted by Crippen LogP contribution is 2.56. The van der Waals surface area contributed by atoms with Gasteiger partial charge in [0.15, 0.2) is 11.5 Å². The number of aliphatic hydroxyl groups is 2. The van der Waals surface area contributed by atoms with Gasteiger partial charge in [-0.2, -0.15) is 0 Å². The molecule has 3 aromatic rings. The lowest BCUT2D eigenvalue weighted by molar-refractivity contribution is -0.142. The number of ether oxygens (including phenoxy) is 5. The monoisotopic (exact) mass is 508 g/mol. The zero-order valence-corrected chi connectivity index (χ0v) is 20.3. The first-order chi connectivity index (χ1) is 18.0. The molecular weight excluding hydrogens is 480 g/mol. The van der Waals surface area contributed by atoms with Crippen LogP contribution in [0.2, 0.25) is 0 Å². The van der Waals surface area contributed by atoms with Crippen LogP contribution >= 0.6 is 0 Å². The summed E-state index contributed by atoms with van der Waals surface area (Å²) in [6, 6.07) is 16.3. The Labute approximate surface area is 213 Å². The van der Waals surface area contributed by atoms with Gasteiger partial charge in [0.25, 0.3) is 0 Å². The molecule has 1 heterocycles. The van der Waals surface area contributed by atoms with Gasteiger partial charge in [-0.3, -0.25) is 4.79 Å². The second-order valence-electron chi connectivity index (χ2n) is 8.77. The van der Waals surface area contributed by atoms with Crippen molar-refractivity contribution in [3.63, 3.8) is 0 Å². The molecule has 0 aromatic heterocycles. The highest BCUT2D eigenvalue weighted by molar-refractivity contribution is 5.78. The molecule has 1 aliphatic carbocycles. The van der Waals surface area contributed by atoms with Gasteiger partial charge in [0.2, 0.25) is 6.79 Å². The quantitative estimate of drug-likeness (QED) is 0.379. The van der Waals surface area contributed by atoms with Crippen molar-refractivity contribution < 1.29 is 43.8 Å². The van der Waals surface area contributed by atoms with E-state index in [0.717, 1.165) is 16.7 Å². The van der Waals surface area contributed by atoms with Crippen molar-refractivity contribution in [2.75, 3.05) is 40.3 Å². The summed E-state index contributed by atoms with van der Waals surface area (Å²) in [6.07, 6.45) is 0. The number of hydrogen-bond acceptors (Lipinski definition) is 8. The van der Waals surface area contributed by atoms with Gasteiger partial charge in [0.05, 0.1) is 26.2 Å². The van der Waals surface area contributed by atoms with Gasteiger partial charge in [-0.05, 0) is 47.0 Å². The zero-order valence-electron chi connectivity index (χ0n) is 20.3. The van der Waals surface area contributed by atoms with Crippen molar-refractivity contribution in [3.8, 4) is 28.7 Å². The lowest BCUT2D eigenvalue weighted by atomic mass is 9.79. The third-order valence-electron chi connectivity index (χ3n) is 6.75. The third-order valence-corrected chi connectivity index (χ3v) is 6.75. The summed E-state index contributed by atoms with van der Waals surface area (Å²) in [4.78, 5) is 13.0. The first-order valence-electron chi connectivity index (χ1n) is 12.0. The molecular formula is C28H28O9. The Morgan fingerprint density at radius 2 is 1.57 bits per heavy atom. The maximum atomic E-state index is 13.0. The summed E-state index contributed by atoms with van der Waals surface area (Å²) < 4.78 is 27.9. The molecule has 5 rings (SSSR count). The van der Waals surface area contributed by atoms with Gasteiger partial charge in [-0.15, -0.1) is 0 Å². The molecule has 3 N–H and O–H groups in total. The summed E-state index contributed by atoms with van der Waals surface area (Å²) in [5.74, 6) is -0.234. The largest absolute Gasteiger partial charge is 0.497 e. The Morgan fingerprint density at radius 1 is 0.838 bits per heavy atom. The van der Waals surface area contributed by atoms with Crippen LogP contribution < -0.4 is 23.7 Å². The fourth-order valence-corrected chi connectivity index (χ4v) is 5.26. The Bertz CT molecular complexity index is 1290. The molecule has 2 aliphatic rings. The van der Waals surface area contributed by atoms with E-state index < -0.39 is 23.7 Å². The molecule has 1 aliphatic heterocycles. The first-order valence-corrected chi connectivity index (χ1v) is 12.0. The Kier molecular flexibility index (Phi) is 7.07. The van der Waals surface area contributed by atoms with Crippen molar-refractivity contribution in [1.82, 2.24) is 0 Å². The van der Waals surface area contributed by atoms with Gasteiger partial charge >= 0.3 is 5.97 Å². The van der Waals surface area contributed by atoms with Crippen LogP contribution in [0.25, 0.3) is 0 Å². The predicted molar refractivity (Wildman–Crippen MR) is 132 cm³/mol. The highest BCUT2D eigenvalue weighted by Gasteiger charge is 2.48. The van der Waals surface area contributed by atoms with Gasteiger partial charge in [-0.1, -0.05) is 18.2 Å². The number of benzene rings is 3. The lowest BCUT2D eigenvalue weighted by Crippen LogP contribution is -2.24. The molecule has 0 unspecified atom stereocenters. The van der Waals surface area contributed by atoms with Gasteiger partial charge in [0, 0.05) is 23.5 Å². The predicted octanol–water partition coefficient (Wildman–Crippen LogP) is 3.14. The summed E-state index contributed by atoms with van der Waals surface area (Å²) in [5, 5.41) is 29.2. The standard InChI is InChI=1S/C28H28O9/c1-33-17-3-6-20(23(14-17)35-11-9-30)26-21-13-18(34-10-8-29)4-5-19(21)25(27(26)28(31)32)16-2-7-22-24(12-16)37-15-36-22/h2-7,12-14,25-27,29-30H,8-11,15H2,1H3,(H,31,32)/t25-,26+,27+/m0/s1. The van der Waals surface area contributed by atoms with E-state index in [9.17, 15) is 20.1 Å². The number of aliphatic carboxylic acids is 1. The molecule has 0 fully saturated rings. The molecule has 0 amide bonds. The molecule has 9 nitrogen and oxygen atoms in total. The molecule has 0 spiro atoms. The van der Waals surface area contributed by atoms with Crippen molar-refractivity contribution in [3.05, 3.63) is 76.9 Å². The average molecular weight is 509 g/mol. The minimum absolute atomic E-state index is 0.0444. The van der Waals surface area contributed by atoms with Gasteiger partial charge in [-0.25, -0.2) is 0 Å². The van der Waals surface area contributed by atoms with Crippen molar-refractivity contribution >= 4 is 5.97 Å². The average Bonchev–Trinajstić information content (AvgIpc) is 3.52. The van der Waals surface area contributed by atoms with E-state index in [2.05, 4.69) is 0 Å². The van der Waals surface area contributed by atoms with Crippen LogP contribution in [0.1, 0.15) is 34.1 Å². The molecule has 3 aromatic carbocycles. The Balaban J connectivity index is 1.69. The van der Waals surface area contributed by atoms with Crippen molar-refractivity contribution in [1.29, 1.82) is 0 Å². The fourth-order valence-electron chi connectivity index (χ4n) is 5.26. The van der Waals surface area contributed by atoms with Gasteiger partial charge in [0.1, 0.15) is 30.5 Å². The molecule has 9 heteroatoms. The number of aliphatic hydroxyl groups excluding tert-OH is 2. The second kappa shape index (κ2) is 10.6. The first kappa shape index (κ1) is 24.7. The van der Waals surface area contributed by atoms with E-state index in [4.69, 9.17) is 23.7 Å². The number of carbonyl (C=O) groups is 1. The molecule has 3 atom stereocenters. The van der Waals surface area contributed by atoms with E-state index in [1.165, 1.54) is 7.11 Å². The third kappa shape index (κ3) is 4.63. The SMILES string of the molecule is COc1ccc([C@@H]2c3cc(OCCO)ccc3[C@H](c3ccc4c(c3)OCO4)[C@H]2C(=O)O)c(OCCO)c1. The zero-order chi connectivity index (χ0) is 25.9. The van der Waals surface area contributed by atoms with Crippen LogP contribution in [-0.4, -0.2) is 61.6 Å². The highest BCUT2D eigenvalue weighted by atomic mass is 16.7. The van der Waals surface area contributed by atoms with Crippen LogP contribution in [0.3, 0.4) is 0 Å².